The Morgan fingerprint density at radius 1 is 0.938 bits per heavy atom. The van der Waals surface area contributed by atoms with Gasteiger partial charge in [0.15, 0.2) is 0 Å². The number of amides is 2. The summed E-state index contributed by atoms with van der Waals surface area (Å²) in [5.41, 5.74) is 2.77. The molecule has 0 aliphatic carbocycles. The lowest BCUT2D eigenvalue weighted by molar-refractivity contribution is -0.140. The molecule has 2 amide bonds. The molecule has 4 nitrogen and oxygen atoms in total. The molecule has 166 valence electrons. The standard InChI is InChI=1S/C26H26BrClN2O2/c1-2-29-26(32)24(16-19-7-4-3-5-8-19)30(18-20-11-13-22(27)14-12-20)25(31)17-21-9-6-10-23(28)15-21/h3-15,24H,2,16-18H2,1H3,(H,29,32)/t24-/m0/s1. The molecule has 0 saturated carbocycles. The Bertz CT molecular complexity index is 1040. The van der Waals surface area contributed by atoms with Crippen molar-refractivity contribution in [1.29, 1.82) is 0 Å². The van der Waals surface area contributed by atoms with Crippen molar-refractivity contribution in [2.45, 2.75) is 32.4 Å². The zero-order valence-electron chi connectivity index (χ0n) is 17.9. The number of nitrogens with zero attached hydrogens (tertiary/aromatic N) is 1. The Morgan fingerprint density at radius 2 is 1.62 bits per heavy atom. The van der Waals surface area contributed by atoms with Crippen LogP contribution < -0.4 is 5.32 Å². The van der Waals surface area contributed by atoms with Gasteiger partial charge in [0.25, 0.3) is 0 Å². The number of benzene rings is 3. The first-order valence-electron chi connectivity index (χ1n) is 10.6. The second-order valence-electron chi connectivity index (χ2n) is 7.55. The molecule has 1 atom stereocenters. The maximum Gasteiger partial charge on any atom is 0.243 e. The van der Waals surface area contributed by atoms with Gasteiger partial charge in [0.2, 0.25) is 11.8 Å². The molecule has 0 aliphatic heterocycles. The van der Waals surface area contributed by atoms with Crippen LogP contribution in [0, 0.1) is 0 Å². The van der Waals surface area contributed by atoms with Gasteiger partial charge in [0.05, 0.1) is 6.42 Å². The molecular weight excluding hydrogens is 488 g/mol. The number of hydrogen-bond acceptors (Lipinski definition) is 2. The van der Waals surface area contributed by atoms with E-state index < -0.39 is 6.04 Å². The summed E-state index contributed by atoms with van der Waals surface area (Å²) in [6.45, 7) is 2.71. The highest BCUT2D eigenvalue weighted by Gasteiger charge is 2.30. The molecule has 3 aromatic carbocycles. The average molecular weight is 514 g/mol. The van der Waals surface area contributed by atoms with Crippen LogP contribution in [0.4, 0.5) is 0 Å². The molecule has 0 heterocycles. The summed E-state index contributed by atoms with van der Waals surface area (Å²) in [6, 6.07) is 24.2. The third-order valence-corrected chi connectivity index (χ3v) is 5.90. The third-order valence-electron chi connectivity index (χ3n) is 5.13. The lowest BCUT2D eigenvalue weighted by atomic mass is 10.0. The predicted octanol–water partition coefficient (Wildman–Crippen LogP) is 5.42. The maximum atomic E-state index is 13.5. The lowest BCUT2D eigenvalue weighted by Crippen LogP contribution is -2.50. The van der Waals surface area contributed by atoms with Crippen molar-refractivity contribution in [2.24, 2.45) is 0 Å². The zero-order valence-corrected chi connectivity index (χ0v) is 20.3. The number of carbonyl (C=O) groups excluding carboxylic acids is 2. The van der Waals surface area contributed by atoms with E-state index in [1.165, 1.54) is 0 Å². The summed E-state index contributed by atoms with van der Waals surface area (Å²) in [5, 5.41) is 3.49. The Kier molecular flexibility index (Phi) is 8.89. The van der Waals surface area contributed by atoms with E-state index in [9.17, 15) is 9.59 Å². The molecule has 0 aromatic heterocycles. The molecule has 0 bridgehead atoms. The topological polar surface area (TPSA) is 49.4 Å². The minimum Gasteiger partial charge on any atom is -0.355 e. The maximum absolute atomic E-state index is 13.5. The fourth-order valence-corrected chi connectivity index (χ4v) is 4.03. The minimum atomic E-state index is -0.632. The number of rotatable bonds is 9. The van der Waals surface area contributed by atoms with E-state index in [1.54, 1.807) is 17.0 Å². The lowest BCUT2D eigenvalue weighted by Gasteiger charge is -2.31. The molecule has 0 unspecified atom stereocenters. The minimum absolute atomic E-state index is 0.123. The highest BCUT2D eigenvalue weighted by Crippen LogP contribution is 2.19. The van der Waals surface area contributed by atoms with E-state index in [4.69, 9.17) is 11.6 Å². The van der Waals surface area contributed by atoms with Crippen molar-refractivity contribution in [1.82, 2.24) is 10.2 Å². The Balaban J connectivity index is 1.94. The van der Waals surface area contributed by atoms with Crippen molar-refractivity contribution in [2.75, 3.05) is 6.54 Å². The van der Waals surface area contributed by atoms with Gasteiger partial charge < -0.3 is 10.2 Å². The summed E-state index contributed by atoms with van der Waals surface area (Å²) in [5.74, 6) is -0.282. The van der Waals surface area contributed by atoms with Gasteiger partial charge >= 0.3 is 0 Å². The van der Waals surface area contributed by atoms with Crippen molar-refractivity contribution >= 4 is 39.3 Å². The summed E-state index contributed by atoms with van der Waals surface area (Å²) < 4.78 is 0.961. The largest absolute Gasteiger partial charge is 0.355 e. The number of halogens is 2. The van der Waals surface area contributed by atoms with Crippen molar-refractivity contribution in [3.05, 3.63) is 105 Å². The fourth-order valence-electron chi connectivity index (χ4n) is 3.56. The molecule has 32 heavy (non-hydrogen) atoms. The Morgan fingerprint density at radius 3 is 2.28 bits per heavy atom. The second kappa shape index (κ2) is 11.8. The van der Waals surface area contributed by atoms with Gasteiger partial charge in [-0.25, -0.2) is 0 Å². The molecule has 0 aliphatic rings. The van der Waals surface area contributed by atoms with Crippen LogP contribution in [0.3, 0.4) is 0 Å². The zero-order chi connectivity index (χ0) is 22.9. The van der Waals surface area contributed by atoms with Gasteiger partial charge in [-0.2, -0.15) is 0 Å². The molecule has 0 fully saturated rings. The smallest absolute Gasteiger partial charge is 0.243 e. The van der Waals surface area contributed by atoms with Crippen LogP contribution in [0.25, 0.3) is 0 Å². The first-order valence-corrected chi connectivity index (χ1v) is 11.7. The van der Waals surface area contributed by atoms with Crippen LogP contribution in [-0.2, 0) is 29.0 Å². The van der Waals surface area contributed by atoms with E-state index in [2.05, 4.69) is 21.2 Å². The Hall–Kier alpha value is -2.63. The molecular formula is C26H26BrClN2O2. The van der Waals surface area contributed by atoms with E-state index >= 15 is 0 Å². The SMILES string of the molecule is CCNC(=O)[C@H](Cc1ccccc1)N(Cc1ccc(Br)cc1)C(=O)Cc1cccc(Cl)c1. The van der Waals surface area contributed by atoms with Crippen LogP contribution in [0.5, 0.6) is 0 Å². The van der Waals surface area contributed by atoms with Crippen molar-refractivity contribution in [3.63, 3.8) is 0 Å². The van der Waals surface area contributed by atoms with Gasteiger partial charge in [0, 0.05) is 29.0 Å². The fraction of sp³-hybridized carbons (Fsp3) is 0.231. The number of likely N-dealkylation sites (N-methyl/N-ethyl adjacent to an activating group) is 1. The predicted molar refractivity (Wildman–Crippen MR) is 132 cm³/mol. The summed E-state index contributed by atoms with van der Waals surface area (Å²) >= 11 is 9.57. The van der Waals surface area contributed by atoms with Gasteiger partial charge in [-0.1, -0.05) is 82.1 Å². The molecule has 0 spiro atoms. The van der Waals surface area contributed by atoms with Crippen LogP contribution in [0.1, 0.15) is 23.6 Å². The molecule has 3 rings (SSSR count). The van der Waals surface area contributed by atoms with Crippen LogP contribution in [0.2, 0.25) is 5.02 Å². The highest BCUT2D eigenvalue weighted by atomic mass is 79.9. The van der Waals surface area contributed by atoms with E-state index in [-0.39, 0.29) is 18.2 Å². The highest BCUT2D eigenvalue weighted by molar-refractivity contribution is 9.10. The Labute approximate surface area is 202 Å². The molecule has 3 aromatic rings. The number of carbonyl (C=O) groups is 2. The second-order valence-corrected chi connectivity index (χ2v) is 8.91. The normalized spacial score (nSPS) is 11.6. The third kappa shape index (κ3) is 6.94. The van der Waals surface area contributed by atoms with Gasteiger partial charge in [-0.05, 0) is 47.9 Å². The van der Waals surface area contributed by atoms with Crippen LogP contribution in [-0.4, -0.2) is 29.3 Å². The van der Waals surface area contributed by atoms with E-state index in [0.29, 0.717) is 24.5 Å². The molecule has 6 heteroatoms. The number of nitrogens with one attached hydrogen (secondary N) is 1. The summed E-state index contributed by atoms with van der Waals surface area (Å²) in [4.78, 5) is 28.3. The first kappa shape index (κ1) is 24.0. The molecule has 0 radical (unpaired) electrons. The quantitative estimate of drug-likeness (QED) is 0.415. The number of hydrogen-bond donors (Lipinski definition) is 1. The van der Waals surface area contributed by atoms with Crippen LogP contribution in [0.15, 0.2) is 83.3 Å². The monoisotopic (exact) mass is 512 g/mol. The van der Waals surface area contributed by atoms with Crippen molar-refractivity contribution < 1.29 is 9.59 Å². The van der Waals surface area contributed by atoms with Gasteiger partial charge in [0.1, 0.15) is 6.04 Å². The van der Waals surface area contributed by atoms with E-state index in [1.807, 2.05) is 73.7 Å². The van der Waals surface area contributed by atoms with Gasteiger partial charge in [-0.15, -0.1) is 0 Å². The first-order chi connectivity index (χ1) is 15.5. The molecule has 1 N–H and O–H groups in total. The van der Waals surface area contributed by atoms with E-state index in [0.717, 1.165) is 21.2 Å². The summed E-state index contributed by atoms with van der Waals surface area (Å²) in [7, 11) is 0. The average Bonchev–Trinajstić information content (AvgIpc) is 2.78. The summed E-state index contributed by atoms with van der Waals surface area (Å²) in [6.07, 6.45) is 0.603. The van der Waals surface area contributed by atoms with Crippen LogP contribution >= 0.6 is 27.5 Å². The van der Waals surface area contributed by atoms with Gasteiger partial charge in [-0.3, -0.25) is 9.59 Å². The molecule has 0 saturated heterocycles. The van der Waals surface area contributed by atoms with Crippen molar-refractivity contribution in [3.8, 4) is 0 Å².